The van der Waals surface area contributed by atoms with Crippen LogP contribution < -0.4 is 5.32 Å². The highest BCUT2D eigenvalue weighted by Gasteiger charge is 2.53. The lowest BCUT2D eigenvalue weighted by Gasteiger charge is -2.41. The summed E-state index contributed by atoms with van der Waals surface area (Å²) in [5, 5.41) is 3.55. The molecule has 0 heterocycles. The molecule has 1 heteroatoms. The maximum absolute atomic E-state index is 3.55. The smallest absolute Gasteiger partial charge is 0.000767 e. The van der Waals surface area contributed by atoms with E-state index in [2.05, 4.69) is 12.4 Å². The van der Waals surface area contributed by atoms with Crippen LogP contribution in [0.25, 0.3) is 0 Å². The van der Waals surface area contributed by atoms with Gasteiger partial charge in [0.25, 0.3) is 0 Å². The Balaban J connectivity index is 1.50. The van der Waals surface area contributed by atoms with E-state index in [-0.39, 0.29) is 0 Å². The lowest BCUT2D eigenvalue weighted by Crippen LogP contribution is -2.39. The molecule has 6 unspecified atom stereocenters. The third kappa shape index (κ3) is 1.69. The zero-order valence-electron chi connectivity index (χ0n) is 12.0. The summed E-state index contributed by atoms with van der Waals surface area (Å²) < 4.78 is 0. The zero-order valence-corrected chi connectivity index (χ0v) is 12.0. The molecule has 4 saturated carbocycles. The molecule has 4 aliphatic rings. The van der Waals surface area contributed by atoms with E-state index in [1.54, 1.807) is 57.8 Å². The van der Waals surface area contributed by atoms with Crippen LogP contribution in [0.3, 0.4) is 0 Å². The van der Waals surface area contributed by atoms with Gasteiger partial charge >= 0.3 is 0 Å². The Bertz CT molecular complexity index is 326. The summed E-state index contributed by atoms with van der Waals surface area (Å²) in [6.45, 7) is 1.31. The lowest BCUT2D eigenvalue weighted by molar-refractivity contribution is 0.0992. The molecular weight excluding hydrogens is 218 g/mol. The van der Waals surface area contributed by atoms with Gasteiger partial charge in [0.2, 0.25) is 0 Å². The summed E-state index contributed by atoms with van der Waals surface area (Å²) in [5.41, 5.74) is 0.715. The second-order valence-electron chi connectivity index (χ2n) is 8.11. The second-order valence-corrected chi connectivity index (χ2v) is 8.11. The number of rotatable bonds is 4. The maximum Gasteiger partial charge on any atom is 0.000767 e. The van der Waals surface area contributed by atoms with Crippen LogP contribution in [-0.4, -0.2) is 13.6 Å². The van der Waals surface area contributed by atoms with Crippen LogP contribution in [0.5, 0.6) is 0 Å². The van der Waals surface area contributed by atoms with Gasteiger partial charge in [0.1, 0.15) is 0 Å². The number of hydrogen-bond donors (Lipinski definition) is 1. The van der Waals surface area contributed by atoms with Crippen molar-refractivity contribution in [2.75, 3.05) is 13.6 Å². The fourth-order valence-corrected chi connectivity index (χ4v) is 6.60. The Morgan fingerprint density at radius 3 is 2.44 bits per heavy atom. The minimum Gasteiger partial charge on any atom is -0.319 e. The highest BCUT2D eigenvalue weighted by atomic mass is 14.8. The molecule has 6 atom stereocenters. The van der Waals surface area contributed by atoms with E-state index in [0.717, 1.165) is 29.6 Å². The van der Waals surface area contributed by atoms with E-state index < -0.39 is 0 Å². The maximum atomic E-state index is 3.55. The van der Waals surface area contributed by atoms with Gasteiger partial charge in [-0.15, -0.1) is 0 Å². The summed E-state index contributed by atoms with van der Waals surface area (Å²) in [6, 6.07) is 0. The Hall–Kier alpha value is -0.0400. The number of hydrogen-bond acceptors (Lipinski definition) is 1. The average Bonchev–Trinajstić information content (AvgIpc) is 3.07. The van der Waals surface area contributed by atoms with Gasteiger partial charge in [-0.3, -0.25) is 0 Å². The molecule has 4 fully saturated rings. The Morgan fingerprint density at radius 1 is 1.00 bits per heavy atom. The van der Waals surface area contributed by atoms with E-state index in [9.17, 15) is 0 Å². The third-order valence-electron chi connectivity index (χ3n) is 7.18. The quantitative estimate of drug-likeness (QED) is 0.796. The van der Waals surface area contributed by atoms with Crippen LogP contribution in [0.4, 0.5) is 0 Å². The van der Waals surface area contributed by atoms with Gasteiger partial charge in [0.05, 0.1) is 0 Å². The molecule has 0 aromatic heterocycles. The Kier molecular flexibility index (Phi) is 2.76. The largest absolute Gasteiger partial charge is 0.319 e. The van der Waals surface area contributed by atoms with Gasteiger partial charge in [0, 0.05) is 6.54 Å². The monoisotopic (exact) mass is 247 g/mol. The van der Waals surface area contributed by atoms with Crippen molar-refractivity contribution in [3.05, 3.63) is 0 Å². The SMILES string of the molecule is CNCC1(CC2CC3CCC2C3)CC2CCC1C2. The van der Waals surface area contributed by atoms with Crippen molar-refractivity contribution in [3.8, 4) is 0 Å². The second kappa shape index (κ2) is 4.23. The minimum absolute atomic E-state index is 0.715. The first kappa shape index (κ1) is 11.8. The molecule has 18 heavy (non-hydrogen) atoms. The molecule has 0 radical (unpaired) electrons. The van der Waals surface area contributed by atoms with Gasteiger partial charge in [-0.2, -0.15) is 0 Å². The number of nitrogens with one attached hydrogen (secondary N) is 1. The summed E-state index contributed by atoms with van der Waals surface area (Å²) >= 11 is 0. The van der Waals surface area contributed by atoms with Gasteiger partial charge in [-0.05, 0) is 87.0 Å². The first-order chi connectivity index (χ1) is 8.79. The molecule has 0 saturated heterocycles. The molecule has 102 valence electrons. The molecule has 4 rings (SSSR count). The van der Waals surface area contributed by atoms with Crippen LogP contribution in [0.15, 0.2) is 0 Å². The number of fused-ring (bicyclic) bond motifs is 4. The zero-order chi connectivity index (χ0) is 12.2. The average molecular weight is 247 g/mol. The van der Waals surface area contributed by atoms with Gasteiger partial charge in [0.15, 0.2) is 0 Å². The van der Waals surface area contributed by atoms with Crippen LogP contribution in [-0.2, 0) is 0 Å². The Morgan fingerprint density at radius 2 is 1.89 bits per heavy atom. The predicted octanol–water partition coefficient (Wildman–Crippen LogP) is 3.84. The van der Waals surface area contributed by atoms with E-state index in [4.69, 9.17) is 0 Å². The summed E-state index contributed by atoms with van der Waals surface area (Å²) in [7, 11) is 2.18. The normalized spacial score (nSPS) is 53.5. The van der Waals surface area contributed by atoms with Crippen molar-refractivity contribution < 1.29 is 0 Å². The van der Waals surface area contributed by atoms with E-state index >= 15 is 0 Å². The molecule has 0 aromatic carbocycles. The van der Waals surface area contributed by atoms with Crippen LogP contribution in [0, 0.1) is 35.0 Å². The molecule has 1 nitrogen and oxygen atoms in total. The van der Waals surface area contributed by atoms with Crippen LogP contribution in [0.2, 0.25) is 0 Å². The molecule has 0 aliphatic heterocycles. The summed E-state index contributed by atoms with van der Waals surface area (Å²) in [6.07, 6.45) is 14.1. The minimum atomic E-state index is 0.715. The standard InChI is InChI=1S/C17H29N/c1-18-11-17(9-13-3-5-16(17)8-13)10-15-7-12-2-4-14(15)6-12/h12-16,18H,2-11H2,1H3. The van der Waals surface area contributed by atoms with Crippen LogP contribution in [0.1, 0.15) is 57.8 Å². The Labute approximate surface area is 112 Å². The van der Waals surface area contributed by atoms with Crippen molar-refractivity contribution in [1.29, 1.82) is 0 Å². The van der Waals surface area contributed by atoms with E-state index in [0.29, 0.717) is 5.41 Å². The molecule has 0 spiro atoms. The third-order valence-corrected chi connectivity index (χ3v) is 7.18. The summed E-state index contributed by atoms with van der Waals surface area (Å²) in [5.74, 6) is 5.54. The molecule has 4 aliphatic carbocycles. The highest BCUT2D eigenvalue weighted by molar-refractivity contribution is 5.04. The topological polar surface area (TPSA) is 12.0 Å². The lowest BCUT2D eigenvalue weighted by atomic mass is 9.65. The molecule has 1 N–H and O–H groups in total. The predicted molar refractivity (Wildman–Crippen MR) is 75.4 cm³/mol. The van der Waals surface area contributed by atoms with Gasteiger partial charge in [-0.1, -0.05) is 12.8 Å². The van der Waals surface area contributed by atoms with Crippen LogP contribution >= 0.6 is 0 Å². The van der Waals surface area contributed by atoms with Crippen molar-refractivity contribution in [2.45, 2.75) is 57.8 Å². The molecular formula is C17H29N. The summed E-state index contributed by atoms with van der Waals surface area (Å²) in [4.78, 5) is 0. The highest BCUT2D eigenvalue weighted by Crippen LogP contribution is 2.61. The van der Waals surface area contributed by atoms with Crippen molar-refractivity contribution in [1.82, 2.24) is 5.32 Å². The van der Waals surface area contributed by atoms with Gasteiger partial charge in [-0.25, -0.2) is 0 Å². The molecule has 0 amide bonds. The fourth-order valence-electron chi connectivity index (χ4n) is 6.60. The van der Waals surface area contributed by atoms with Crippen molar-refractivity contribution in [2.24, 2.45) is 35.0 Å². The van der Waals surface area contributed by atoms with Crippen molar-refractivity contribution in [3.63, 3.8) is 0 Å². The first-order valence-corrected chi connectivity index (χ1v) is 8.44. The molecule has 0 aromatic rings. The van der Waals surface area contributed by atoms with Gasteiger partial charge < -0.3 is 5.32 Å². The fraction of sp³-hybridized carbons (Fsp3) is 1.00. The molecule has 4 bridgehead atoms. The first-order valence-electron chi connectivity index (χ1n) is 8.44. The van der Waals surface area contributed by atoms with E-state index in [1.165, 1.54) is 6.54 Å². The van der Waals surface area contributed by atoms with Crippen molar-refractivity contribution >= 4 is 0 Å². The van der Waals surface area contributed by atoms with E-state index in [1.807, 2.05) is 0 Å².